The van der Waals surface area contributed by atoms with Gasteiger partial charge in [0.25, 0.3) is 0 Å². The Bertz CT molecular complexity index is 1030. The molecule has 4 rings (SSSR count). The molecule has 0 saturated carbocycles. The predicted octanol–water partition coefficient (Wildman–Crippen LogP) is 1.92. The van der Waals surface area contributed by atoms with E-state index in [1.807, 2.05) is 42.5 Å². The molecular formula is C20H14O5Se. The molecule has 6 heteroatoms. The third-order valence-electron chi connectivity index (χ3n) is 3.81. The first kappa shape index (κ1) is 16.6. The van der Waals surface area contributed by atoms with Crippen LogP contribution in [0.3, 0.4) is 0 Å². The number of fused-ring (bicyclic) bond motifs is 3. The Hall–Kier alpha value is -2.82. The summed E-state index contributed by atoms with van der Waals surface area (Å²) < 4.78 is 18.3. The molecule has 1 unspecified atom stereocenters. The van der Waals surface area contributed by atoms with Crippen molar-refractivity contribution in [1.29, 1.82) is 0 Å². The molecule has 0 N–H and O–H groups in total. The average molecular weight is 413 g/mol. The Labute approximate surface area is 155 Å². The fourth-order valence-electron chi connectivity index (χ4n) is 2.71. The van der Waals surface area contributed by atoms with E-state index in [9.17, 15) is 9.59 Å². The second-order valence-corrected chi connectivity index (χ2v) is 7.99. The third-order valence-corrected chi connectivity index (χ3v) is 5.93. The number of carbonyl (C=O) groups excluding carboxylic acids is 1. The van der Waals surface area contributed by atoms with E-state index in [4.69, 9.17) is 13.9 Å². The van der Waals surface area contributed by atoms with Crippen LogP contribution in [0.25, 0.3) is 11.3 Å². The number of esters is 1. The maximum atomic E-state index is 12.5. The summed E-state index contributed by atoms with van der Waals surface area (Å²) in [6, 6.07) is 18.6. The molecule has 2 aromatic carbocycles. The topological polar surface area (TPSA) is 65.7 Å². The Kier molecular flexibility index (Phi) is 4.37. The fraction of sp³-hybridized carbons (Fsp3) is 0.100. The van der Waals surface area contributed by atoms with E-state index < -0.39 is 12.3 Å². The summed E-state index contributed by atoms with van der Waals surface area (Å²) in [5.41, 5.74) is 0.832. The Morgan fingerprint density at radius 3 is 2.58 bits per heavy atom. The Morgan fingerprint density at radius 2 is 1.81 bits per heavy atom. The average Bonchev–Trinajstić information content (AvgIpc) is 2.63. The molecule has 2 heterocycles. The van der Waals surface area contributed by atoms with Gasteiger partial charge in [0.15, 0.2) is 0 Å². The Balaban J connectivity index is 1.83. The summed E-state index contributed by atoms with van der Waals surface area (Å²) in [5.74, 6) is 0.424. The van der Waals surface area contributed by atoms with Crippen molar-refractivity contribution < 1.29 is 18.7 Å². The van der Waals surface area contributed by atoms with Crippen LogP contribution in [0.2, 0.25) is 0 Å². The number of carbonyl (C=O) groups is 1. The molecule has 1 aliphatic rings. The summed E-state index contributed by atoms with van der Waals surface area (Å²) in [4.78, 5) is 24.0. The van der Waals surface area contributed by atoms with E-state index >= 15 is 0 Å². The number of rotatable bonds is 3. The van der Waals surface area contributed by atoms with Crippen molar-refractivity contribution in [3.05, 3.63) is 76.6 Å². The standard InChI is InChI=1S/C20H14O5Se/c1-12(21)23-20-15-11-17(26-13-7-3-2-4-8-13)19(22)25-18(15)14-9-5-6-10-16(14)24-20/h2-11,20H,1H3. The number of ether oxygens (including phenoxy) is 2. The van der Waals surface area contributed by atoms with Crippen LogP contribution < -0.4 is 19.3 Å². The van der Waals surface area contributed by atoms with Crippen molar-refractivity contribution in [3.63, 3.8) is 0 Å². The normalized spacial score (nSPS) is 14.7. The minimum absolute atomic E-state index is 0.228. The van der Waals surface area contributed by atoms with E-state index in [0.29, 0.717) is 27.1 Å². The van der Waals surface area contributed by atoms with Gasteiger partial charge in [0, 0.05) is 0 Å². The third kappa shape index (κ3) is 3.17. The molecule has 3 aromatic rings. The predicted molar refractivity (Wildman–Crippen MR) is 97.0 cm³/mol. The molecule has 0 radical (unpaired) electrons. The van der Waals surface area contributed by atoms with Crippen molar-refractivity contribution in [1.82, 2.24) is 0 Å². The van der Waals surface area contributed by atoms with E-state index in [-0.39, 0.29) is 20.6 Å². The second-order valence-electron chi connectivity index (χ2n) is 5.65. The SMILES string of the molecule is CC(=O)OC1Oc2ccccc2-c2oc(=O)c([Se]c3ccccc3)cc21. The molecule has 1 aliphatic heterocycles. The van der Waals surface area contributed by atoms with Gasteiger partial charge >= 0.3 is 155 Å². The molecule has 0 bridgehead atoms. The maximum absolute atomic E-state index is 12.5. The van der Waals surface area contributed by atoms with Gasteiger partial charge in [-0.05, 0) is 0 Å². The van der Waals surface area contributed by atoms with Gasteiger partial charge < -0.3 is 0 Å². The number of benzene rings is 2. The number of para-hydroxylation sites is 1. The van der Waals surface area contributed by atoms with Crippen molar-refractivity contribution in [3.8, 4) is 17.1 Å². The van der Waals surface area contributed by atoms with Crippen molar-refractivity contribution in [2.75, 3.05) is 0 Å². The molecule has 0 saturated heterocycles. The van der Waals surface area contributed by atoms with Crippen LogP contribution in [0.5, 0.6) is 5.75 Å². The fourth-order valence-corrected chi connectivity index (χ4v) is 4.51. The molecular weight excluding hydrogens is 399 g/mol. The number of hydrogen-bond acceptors (Lipinski definition) is 5. The molecule has 0 fully saturated rings. The zero-order chi connectivity index (χ0) is 18.1. The molecule has 130 valence electrons. The Morgan fingerprint density at radius 1 is 1.08 bits per heavy atom. The molecule has 26 heavy (non-hydrogen) atoms. The first-order chi connectivity index (χ1) is 12.6. The van der Waals surface area contributed by atoms with Gasteiger partial charge in [0.05, 0.1) is 0 Å². The molecule has 0 amide bonds. The van der Waals surface area contributed by atoms with Crippen LogP contribution in [-0.2, 0) is 9.53 Å². The van der Waals surface area contributed by atoms with Crippen LogP contribution in [0.1, 0.15) is 18.8 Å². The van der Waals surface area contributed by atoms with Gasteiger partial charge in [-0.15, -0.1) is 0 Å². The van der Waals surface area contributed by atoms with Crippen LogP contribution in [0, 0.1) is 0 Å². The van der Waals surface area contributed by atoms with Crippen LogP contribution in [0.15, 0.2) is 69.9 Å². The van der Waals surface area contributed by atoms with Crippen LogP contribution >= 0.6 is 0 Å². The summed E-state index contributed by atoms with van der Waals surface area (Å²) in [5, 5.41) is 0. The zero-order valence-corrected chi connectivity index (χ0v) is 15.5. The second kappa shape index (κ2) is 6.83. The first-order valence-electron chi connectivity index (χ1n) is 7.96. The summed E-state index contributed by atoms with van der Waals surface area (Å²) in [6.45, 7) is 1.32. The zero-order valence-electron chi connectivity index (χ0n) is 13.8. The van der Waals surface area contributed by atoms with Gasteiger partial charge in [0.1, 0.15) is 0 Å². The molecule has 1 aromatic heterocycles. The summed E-state index contributed by atoms with van der Waals surface area (Å²) in [6.07, 6.45) is -0.938. The van der Waals surface area contributed by atoms with E-state index in [0.717, 1.165) is 4.46 Å². The van der Waals surface area contributed by atoms with Crippen molar-refractivity contribution in [2.24, 2.45) is 0 Å². The monoisotopic (exact) mass is 414 g/mol. The van der Waals surface area contributed by atoms with Gasteiger partial charge in [-0.2, -0.15) is 0 Å². The molecule has 5 nitrogen and oxygen atoms in total. The van der Waals surface area contributed by atoms with E-state index in [1.54, 1.807) is 18.2 Å². The van der Waals surface area contributed by atoms with E-state index in [1.165, 1.54) is 6.92 Å². The number of hydrogen-bond donors (Lipinski definition) is 0. The van der Waals surface area contributed by atoms with Crippen molar-refractivity contribution in [2.45, 2.75) is 13.2 Å². The van der Waals surface area contributed by atoms with Gasteiger partial charge in [-0.3, -0.25) is 0 Å². The quantitative estimate of drug-likeness (QED) is 0.485. The summed E-state index contributed by atoms with van der Waals surface area (Å²) >= 11 is -0.228. The summed E-state index contributed by atoms with van der Waals surface area (Å²) in [7, 11) is 0. The molecule has 1 atom stereocenters. The molecule has 0 aliphatic carbocycles. The first-order valence-corrected chi connectivity index (χ1v) is 9.67. The van der Waals surface area contributed by atoms with Gasteiger partial charge in [-0.25, -0.2) is 0 Å². The van der Waals surface area contributed by atoms with Crippen LogP contribution in [0.4, 0.5) is 0 Å². The van der Waals surface area contributed by atoms with Gasteiger partial charge in [-0.1, -0.05) is 0 Å². The van der Waals surface area contributed by atoms with Crippen LogP contribution in [-0.4, -0.2) is 20.9 Å². The van der Waals surface area contributed by atoms with Gasteiger partial charge in [0.2, 0.25) is 0 Å². The van der Waals surface area contributed by atoms with E-state index in [2.05, 4.69) is 0 Å². The minimum atomic E-state index is -0.938. The molecule has 0 spiro atoms. The van der Waals surface area contributed by atoms with Crippen molar-refractivity contribution >= 4 is 29.8 Å².